The van der Waals surface area contributed by atoms with Gasteiger partial charge in [0.2, 0.25) is 5.91 Å². The first-order valence-corrected chi connectivity index (χ1v) is 10.5. The normalized spacial score (nSPS) is 14.8. The Morgan fingerprint density at radius 3 is 2.74 bits per heavy atom. The van der Waals surface area contributed by atoms with Crippen molar-refractivity contribution in [3.8, 4) is 11.5 Å². The number of aromatic nitrogens is 2. The molecule has 0 saturated heterocycles. The first-order valence-electron chi connectivity index (χ1n) is 10.5. The zero-order valence-corrected chi connectivity index (χ0v) is 17.8. The monoisotopic (exact) mass is 431 g/mol. The van der Waals surface area contributed by atoms with Gasteiger partial charge in [-0.1, -0.05) is 25.5 Å². The lowest BCUT2D eigenvalue weighted by molar-refractivity contribution is -0.120. The van der Waals surface area contributed by atoms with Gasteiger partial charge in [0.25, 0.3) is 5.56 Å². The van der Waals surface area contributed by atoms with E-state index in [2.05, 4.69) is 10.3 Å². The molecule has 1 aliphatic heterocycles. The zero-order valence-electron chi connectivity index (χ0n) is 17.8. The van der Waals surface area contributed by atoms with Gasteiger partial charge in [-0.15, -0.1) is 0 Å². The lowest BCUT2D eigenvalue weighted by atomic mass is 10.2. The average Bonchev–Trinajstić information content (AvgIpc) is 2.76. The molecule has 2 heterocycles. The number of para-hydroxylation sites is 2. The predicted octanol–water partition coefficient (Wildman–Crippen LogP) is 0.701. The van der Waals surface area contributed by atoms with Crippen LogP contribution in [-0.4, -0.2) is 47.8 Å². The van der Waals surface area contributed by atoms with Gasteiger partial charge in [0, 0.05) is 13.1 Å². The van der Waals surface area contributed by atoms with Crippen LogP contribution < -0.4 is 36.7 Å². The molecule has 1 aromatic heterocycles. The molecule has 10 heteroatoms. The average molecular weight is 431 g/mol. The zero-order chi connectivity index (χ0) is 22.4. The third kappa shape index (κ3) is 5.19. The number of benzene rings is 1. The number of ether oxygens (including phenoxy) is 2. The van der Waals surface area contributed by atoms with E-state index in [4.69, 9.17) is 15.2 Å². The molecule has 1 aliphatic rings. The molecule has 1 amide bonds. The fourth-order valence-electron chi connectivity index (χ4n) is 3.39. The summed E-state index contributed by atoms with van der Waals surface area (Å²) < 4.78 is 12.8. The number of rotatable bonds is 9. The number of nitrogens with zero attached hydrogens (tertiary/aromatic N) is 2. The highest BCUT2D eigenvalue weighted by atomic mass is 16.6. The van der Waals surface area contributed by atoms with E-state index in [1.54, 1.807) is 4.90 Å². The number of nitrogens with one attached hydrogen (secondary N) is 2. The Kier molecular flexibility index (Phi) is 7.22. The van der Waals surface area contributed by atoms with Gasteiger partial charge in [-0.05, 0) is 25.5 Å². The maximum Gasteiger partial charge on any atom is 0.330 e. The van der Waals surface area contributed by atoms with Gasteiger partial charge >= 0.3 is 5.69 Å². The molecule has 168 valence electrons. The molecule has 2 aromatic rings. The van der Waals surface area contributed by atoms with Crippen LogP contribution in [0.4, 0.5) is 11.5 Å². The van der Waals surface area contributed by atoms with E-state index in [1.807, 2.05) is 38.1 Å². The van der Waals surface area contributed by atoms with E-state index in [1.165, 1.54) is 4.57 Å². The molecule has 0 unspecified atom stereocenters. The number of hydrogen-bond acceptors (Lipinski definition) is 7. The summed E-state index contributed by atoms with van der Waals surface area (Å²) >= 11 is 0. The summed E-state index contributed by atoms with van der Waals surface area (Å²) in [6, 6.07) is 7.35. The van der Waals surface area contributed by atoms with Gasteiger partial charge in [0.05, 0.1) is 13.1 Å². The SMILES string of the molecule is CCCCn1c(N)c(N(CC)CC(=O)NC[C@H]2COc3ccccc3O2)c(=O)[nH]c1=O. The predicted molar refractivity (Wildman–Crippen MR) is 118 cm³/mol. The van der Waals surface area contributed by atoms with Crippen molar-refractivity contribution in [1.82, 2.24) is 14.9 Å². The molecule has 0 bridgehead atoms. The maximum atomic E-state index is 12.5. The molecular weight excluding hydrogens is 402 g/mol. The van der Waals surface area contributed by atoms with E-state index in [9.17, 15) is 14.4 Å². The van der Waals surface area contributed by atoms with Crippen molar-refractivity contribution in [1.29, 1.82) is 0 Å². The van der Waals surface area contributed by atoms with Crippen LogP contribution in [0.25, 0.3) is 0 Å². The summed E-state index contributed by atoms with van der Waals surface area (Å²) in [7, 11) is 0. The number of anilines is 2. The van der Waals surface area contributed by atoms with Gasteiger partial charge in [0.1, 0.15) is 24.2 Å². The molecule has 0 fully saturated rings. The molecule has 1 aromatic carbocycles. The van der Waals surface area contributed by atoms with Crippen molar-refractivity contribution in [2.75, 3.05) is 36.9 Å². The molecule has 31 heavy (non-hydrogen) atoms. The number of hydrogen-bond donors (Lipinski definition) is 3. The summed E-state index contributed by atoms with van der Waals surface area (Å²) in [5.41, 5.74) is 5.12. The first kappa shape index (κ1) is 22.3. The minimum atomic E-state index is -0.606. The number of unbranched alkanes of at least 4 members (excludes halogenated alkanes) is 1. The highest BCUT2D eigenvalue weighted by molar-refractivity contribution is 5.82. The number of aromatic amines is 1. The highest BCUT2D eigenvalue weighted by Gasteiger charge is 2.23. The minimum absolute atomic E-state index is 0.0671. The quantitative estimate of drug-likeness (QED) is 0.532. The van der Waals surface area contributed by atoms with Crippen LogP contribution in [-0.2, 0) is 11.3 Å². The summed E-state index contributed by atoms with van der Waals surface area (Å²) in [6.45, 7) is 5.06. The maximum absolute atomic E-state index is 12.5. The number of carbonyl (C=O) groups excluding carboxylic acids is 1. The van der Waals surface area contributed by atoms with Crippen molar-refractivity contribution >= 4 is 17.4 Å². The number of fused-ring (bicyclic) bond motifs is 1. The molecule has 0 aliphatic carbocycles. The molecule has 0 spiro atoms. The second-order valence-electron chi connectivity index (χ2n) is 7.31. The first-order chi connectivity index (χ1) is 14.9. The van der Waals surface area contributed by atoms with E-state index < -0.39 is 11.2 Å². The third-order valence-electron chi connectivity index (χ3n) is 5.08. The van der Waals surface area contributed by atoms with Crippen LogP contribution in [0.5, 0.6) is 11.5 Å². The van der Waals surface area contributed by atoms with Crippen molar-refractivity contribution in [2.24, 2.45) is 0 Å². The van der Waals surface area contributed by atoms with Gasteiger partial charge in [-0.25, -0.2) is 4.79 Å². The van der Waals surface area contributed by atoms with Crippen molar-refractivity contribution in [3.05, 3.63) is 45.1 Å². The fraction of sp³-hybridized carbons (Fsp3) is 0.476. The Morgan fingerprint density at radius 1 is 1.29 bits per heavy atom. The molecule has 0 saturated carbocycles. The topological polar surface area (TPSA) is 132 Å². The number of nitrogens with two attached hydrogens (primary N) is 1. The van der Waals surface area contributed by atoms with E-state index in [-0.39, 0.29) is 36.6 Å². The number of amides is 1. The molecule has 10 nitrogen and oxygen atoms in total. The summed E-state index contributed by atoms with van der Waals surface area (Å²) in [5.74, 6) is 1.08. The highest BCUT2D eigenvalue weighted by Crippen LogP contribution is 2.30. The van der Waals surface area contributed by atoms with Crippen molar-refractivity contribution in [2.45, 2.75) is 39.3 Å². The van der Waals surface area contributed by atoms with Crippen LogP contribution in [0.2, 0.25) is 0 Å². The smallest absolute Gasteiger partial charge is 0.330 e. The third-order valence-corrected chi connectivity index (χ3v) is 5.08. The Hall–Kier alpha value is -3.43. The van der Waals surface area contributed by atoms with Crippen LogP contribution in [0.15, 0.2) is 33.9 Å². The second kappa shape index (κ2) is 10.1. The fourth-order valence-corrected chi connectivity index (χ4v) is 3.39. The number of nitrogen functional groups attached to an aromatic ring is 1. The molecule has 0 radical (unpaired) electrons. The van der Waals surface area contributed by atoms with Crippen LogP contribution in [0, 0.1) is 0 Å². The van der Waals surface area contributed by atoms with Gasteiger partial charge < -0.3 is 25.4 Å². The van der Waals surface area contributed by atoms with E-state index >= 15 is 0 Å². The Bertz CT molecular complexity index is 1030. The molecular formula is C21H29N5O5. The van der Waals surface area contributed by atoms with Crippen molar-refractivity contribution in [3.63, 3.8) is 0 Å². The van der Waals surface area contributed by atoms with Crippen LogP contribution in [0.3, 0.4) is 0 Å². The van der Waals surface area contributed by atoms with Crippen LogP contribution in [0.1, 0.15) is 26.7 Å². The van der Waals surface area contributed by atoms with Gasteiger partial charge in [-0.2, -0.15) is 0 Å². The number of carbonyl (C=O) groups is 1. The Labute approximate surface area is 180 Å². The second-order valence-corrected chi connectivity index (χ2v) is 7.31. The molecule has 3 rings (SSSR count). The van der Waals surface area contributed by atoms with Crippen molar-refractivity contribution < 1.29 is 14.3 Å². The Balaban J connectivity index is 1.65. The number of likely N-dealkylation sites (N-methyl/N-ethyl adjacent to an activating group) is 1. The summed E-state index contributed by atoms with van der Waals surface area (Å²) in [6.07, 6.45) is 1.30. The lowest BCUT2D eigenvalue weighted by Crippen LogP contribution is -2.46. The standard InChI is InChI=1S/C21H29N5O5/c1-3-5-10-26-19(22)18(20(28)24-21(26)29)25(4-2)12-17(27)23-11-14-13-30-15-8-6-7-9-16(15)31-14/h6-9,14H,3-5,10-13,22H2,1-2H3,(H,23,27)(H,24,28,29)/t14-/m0/s1. The Morgan fingerprint density at radius 2 is 2.03 bits per heavy atom. The van der Waals surface area contributed by atoms with E-state index in [0.717, 1.165) is 12.8 Å². The summed E-state index contributed by atoms with van der Waals surface area (Å²) in [5, 5.41) is 2.81. The molecule has 1 atom stereocenters. The summed E-state index contributed by atoms with van der Waals surface area (Å²) in [4.78, 5) is 41.0. The van der Waals surface area contributed by atoms with E-state index in [0.29, 0.717) is 31.2 Å². The number of H-pyrrole nitrogens is 1. The lowest BCUT2D eigenvalue weighted by Gasteiger charge is -2.27. The van der Waals surface area contributed by atoms with Gasteiger partial charge in [0.15, 0.2) is 11.5 Å². The van der Waals surface area contributed by atoms with Gasteiger partial charge in [-0.3, -0.25) is 19.1 Å². The molecule has 4 N–H and O–H groups in total. The minimum Gasteiger partial charge on any atom is -0.486 e. The van der Waals surface area contributed by atoms with Crippen LogP contribution >= 0.6 is 0 Å². The largest absolute Gasteiger partial charge is 0.486 e.